The van der Waals surface area contributed by atoms with Crippen molar-refractivity contribution in [2.45, 2.75) is 64.3 Å². The second-order valence-corrected chi connectivity index (χ2v) is 5.30. The van der Waals surface area contributed by atoms with Gasteiger partial charge in [-0.15, -0.1) is 0 Å². The zero-order valence-electron chi connectivity index (χ0n) is 9.60. The summed E-state index contributed by atoms with van der Waals surface area (Å²) in [5, 5.41) is 3.77. The van der Waals surface area contributed by atoms with Crippen molar-refractivity contribution >= 4 is 0 Å². The lowest BCUT2D eigenvalue weighted by Gasteiger charge is -2.22. The molecule has 2 rings (SSSR count). The number of nitrogens with one attached hydrogen (secondary N) is 1. The van der Waals surface area contributed by atoms with E-state index in [0.29, 0.717) is 0 Å². The molecule has 2 aliphatic rings. The molecule has 82 valence electrons. The first-order valence-corrected chi connectivity index (χ1v) is 6.63. The highest BCUT2D eigenvalue weighted by atomic mass is 14.9. The minimum atomic E-state index is 0.898. The molecule has 0 heterocycles. The SMILES string of the molecule is CCCCCCNC1CC2CCC1C2. The van der Waals surface area contributed by atoms with Gasteiger partial charge >= 0.3 is 0 Å². The summed E-state index contributed by atoms with van der Waals surface area (Å²) in [7, 11) is 0. The number of hydrogen-bond donors (Lipinski definition) is 1. The third-order valence-electron chi connectivity index (χ3n) is 4.17. The Morgan fingerprint density at radius 1 is 1.07 bits per heavy atom. The average Bonchev–Trinajstić information content (AvgIpc) is 2.79. The van der Waals surface area contributed by atoms with Gasteiger partial charge in [0, 0.05) is 6.04 Å². The van der Waals surface area contributed by atoms with Gasteiger partial charge < -0.3 is 5.32 Å². The van der Waals surface area contributed by atoms with E-state index in [1.54, 1.807) is 0 Å². The van der Waals surface area contributed by atoms with Crippen LogP contribution in [-0.2, 0) is 0 Å². The minimum absolute atomic E-state index is 0.898. The smallest absolute Gasteiger partial charge is 0.00980 e. The third-order valence-corrected chi connectivity index (χ3v) is 4.17. The number of rotatable bonds is 6. The van der Waals surface area contributed by atoms with Gasteiger partial charge in [0.15, 0.2) is 0 Å². The van der Waals surface area contributed by atoms with Crippen molar-refractivity contribution in [3.05, 3.63) is 0 Å². The lowest BCUT2D eigenvalue weighted by Crippen LogP contribution is -2.34. The summed E-state index contributed by atoms with van der Waals surface area (Å²) in [6.07, 6.45) is 11.6. The van der Waals surface area contributed by atoms with Crippen molar-refractivity contribution in [1.82, 2.24) is 5.32 Å². The van der Waals surface area contributed by atoms with E-state index in [1.165, 1.54) is 57.9 Å². The first-order chi connectivity index (χ1) is 6.90. The van der Waals surface area contributed by atoms with Gasteiger partial charge in [0.2, 0.25) is 0 Å². The van der Waals surface area contributed by atoms with Crippen LogP contribution in [0.1, 0.15) is 58.3 Å². The number of hydrogen-bond acceptors (Lipinski definition) is 1. The molecule has 0 saturated heterocycles. The van der Waals surface area contributed by atoms with Crippen molar-refractivity contribution < 1.29 is 0 Å². The molecular weight excluding hydrogens is 170 g/mol. The summed E-state index contributed by atoms with van der Waals surface area (Å²) in [6, 6.07) is 0.898. The molecule has 14 heavy (non-hydrogen) atoms. The normalized spacial score (nSPS) is 35.4. The predicted octanol–water partition coefficient (Wildman–Crippen LogP) is 3.34. The first-order valence-electron chi connectivity index (χ1n) is 6.63. The molecule has 0 spiro atoms. The third kappa shape index (κ3) is 2.50. The molecule has 3 atom stereocenters. The van der Waals surface area contributed by atoms with Crippen molar-refractivity contribution in [3.8, 4) is 0 Å². The molecule has 2 saturated carbocycles. The maximum atomic E-state index is 3.77. The summed E-state index contributed by atoms with van der Waals surface area (Å²) < 4.78 is 0. The Balaban J connectivity index is 1.54. The van der Waals surface area contributed by atoms with Crippen LogP contribution < -0.4 is 5.32 Å². The van der Waals surface area contributed by atoms with Crippen LogP contribution in [-0.4, -0.2) is 12.6 Å². The topological polar surface area (TPSA) is 12.0 Å². The van der Waals surface area contributed by atoms with Gasteiger partial charge in [0.1, 0.15) is 0 Å². The van der Waals surface area contributed by atoms with Crippen LogP contribution in [0.4, 0.5) is 0 Å². The van der Waals surface area contributed by atoms with E-state index in [0.717, 1.165) is 17.9 Å². The van der Waals surface area contributed by atoms with E-state index in [4.69, 9.17) is 0 Å². The first kappa shape index (κ1) is 10.5. The second kappa shape index (κ2) is 5.16. The zero-order chi connectivity index (χ0) is 9.80. The van der Waals surface area contributed by atoms with Crippen LogP contribution in [0, 0.1) is 11.8 Å². The van der Waals surface area contributed by atoms with Crippen LogP contribution in [0.3, 0.4) is 0 Å². The highest BCUT2D eigenvalue weighted by Crippen LogP contribution is 2.44. The maximum absolute atomic E-state index is 3.77. The molecule has 0 aromatic heterocycles. The molecule has 1 N–H and O–H groups in total. The van der Waals surface area contributed by atoms with Crippen LogP contribution >= 0.6 is 0 Å². The van der Waals surface area contributed by atoms with Crippen LogP contribution in [0.5, 0.6) is 0 Å². The minimum Gasteiger partial charge on any atom is -0.314 e. The van der Waals surface area contributed by atoms with E-state index in [2.05, 4.69) is 12.2 Å². The number of unbranched alkanes of at least 4 members (excludes halogenated alkanes) is 3. The van der Waals surface area contributed by atoms with Crippen LogP contribution in [0.15, 0.2) is 0 Å². The Labute approximate surface area is 88.7 Å². The van der Waals surface area contributed by atoms with Gasteiger partial charge in [0.05, 0.1) is 0 Å². The molecule has 0 aromatic carbocycles. The molecule has 3 unspecified atom stereocenters. The average molecular weight is 195 g/mol. The molecule has 2 bridgehead atoms. The van der Waals surface area contributed by atoms with Crippen molar-refractivity contribution in [2.75, 3.05) is 6.54 Å². The Kier molecular flexibility index (Phi) is 3.86. The van der Waals surface area contributed by atoms with E-state index in [-0.39, 0.29) is 0 Å². The van der Waals surface area contributed by atoms with E-state index < -0.39 is 0 Å². The largest absolute Gasteiger partial charge is 0.314 e. The van der Waals surface area contributed by atoms with Crippen molar-refractivity contribution in [3.63, 3.8) is 0 Å². The van der Waals surface area contributed by atoms with Crippen molar-refractivity contribution in [2.24, 2.45) is 11.8 Å². The lowest BCUT2D eigenvalue weighted by atomic mass is 9.95. The fraction of sp³-hybridized carbons (Fsp3) is 1.00. The molecule has 0 aromatic rings. The van der Waals surface area contributed by atoms with Crippen molar-refractivity contribution in [1.29, 1.82) is 0 Å². The summed E-state index contributed by atoms with van der Waals surface area (Å²) in [5.74, 6) is 2.14. The predicted molar refractivity (Wildman–Crippen MR) is 61.4 cm³/mol. The molecule has 2 fully saturated rings. The van der Waals surface area contributed by atoms with Gasteiger partial charge in [-0.05, 0) is 44.1 Å². The van der Waals surface area contributed by atoms with Gasteiger partial charge in [-0.1, -0.05) is 32.6 Å². The Morgan fingerprint density at radius 3 is 2.64 bits per heavy atom. The maximum Gasteiger partial charge on any atom is 0.00980 e. The highest BCUT2D eigenvalue weighted by molar-refractivity contribution is 4.93. The quantitative estimate of drug-likeness (QED) is 0.641. The van der Waals surface area contributed by atoms with Gasteiger partial charge in [0.25, 0.3) is 0 Å². The molecular formula is C13H25N. The molecule has 1 nitrogen and oxygen atoms in total. The van der Waals surface area contributed by atoms with E-state index in [9.17, 15) is 0 Å². The van der Waals surface area contributed by atoms with E-state index in [1.807, 2.05) is 0 Å². The summed E-state index contributed by atoms with van der Waals surface area (Å²) in [6.45, 7) is 3.55. The molecule has 1 heteroatoms. The second-order valence-electron chi connectivity index (χ2n) is 5.30. The summed E-state index contributed by atoms with van der Waals surface area (Å²) in [4.78, 5) is 0. The molecule has 0 aliphatic heterocycles. The summed E-state index contributed by atoms with van der Waals surface area (Å²) >= 11 is 0. The standard InChI is InChI=1S/C13H25N/c1-2-3-4-5-8-14-13-10-11-6-7-12(13)9-11/h11-14H,2-10H2,1H3. The fourth-order valence-electron chi connectivity index (χ4n) is 3.33. The highest BCUT2D eigenvalue weighted by Gasteiger charge is 2.38. The molecule has 0 radical (unpaired) electrons. The van der Waals surface area contributed by atoms with Gasteiger partial charge in [-0.25, -0.2) is 0 Å². The van der Waals surface area contributed by atoms with E-state index >= 15 is 0 Å². The summed E-state index contributed by atoms with van der Waals surface area (Å²) in [5.41, 5.74) is 0. The van der Waals surface area contributed by atoms with Gasteiger partial charge in [-0.2, -0.15) is 0 Å². The number of fused-ring (bicyclic) bond motifs is 2. The Morgan fingerprint density at radius 2 is 2.00 bits per heavy atom. The lowest BCUT2D eigenvalue weighted by molar-refractivity contribution is 0.349. The molecule has 0 amide bonds. The fourth-order valence-corrected chi connectivity index (χ4v) is 3.33. The van der Waals surface area contributed by atoms with Crippen LogP contribution in [0.2, 0.25) is 0 Å². The Hall–Kier alpha value is -0.0400. The van der Waals surface area contributed by atoms with Crippen LogP contribution in [0.25, 0.3) is 0 Å². The monoisotopic (exact) mass is 195 g/mol. The molecule has 2 aliphatic carbocycles. The van der Waals surface area contributed by atoms with Gasteiger partial charge in [-0.3, -0.25) is 0 Å². The Bertz CT molecular complexity index is 167. The zero-order valence-corrected chi connectivity index (χ0v) is 9.60.